The van der Waals surface area contributed by atoms with Gasteiger partial charge in [0.25, 0.3) is 0 Å². The maximum absolute atomic E-state index is 2.00. The van der Waals surface area contributed by atoms with Crippen molar-refractivity contribution in [3.05, 3.63) is 30.3 Å². The van der Waals surface area contributed by atoms with Crippen molar-refractivity contribution in [1.82, 2.24) is 0 Å². The predicted molar refractivity (Wildman–Crippen MR) is 22.0 cm³/mol. The fourth-order valence-corrected chi connectivity index (χ4v) is 0.321. The minimum Gasteiger partial charge on any atom is -0.214 e. The molecule has 1 radical (unpaired) electrons. The van der Waals surface area contributed by atoms with Crippen LogP contribution in [0.15, 0.2) is 30.3 Å². The Morgan fingerprint density at radius 2 is 1.50 bits per heavy atom. The van der Waals surface area contributed by atoms with Crippen LogP contribution in [0.4, 0.5) is 0 Å². The van der Waals surface area contributed by atoms with Gasteiger partial charge < -0.3 is 0 Å². The molecule has 0 heterocycles. The molecular weight excluding hydrogens is 235 g/mol. The van der Waals surface area contributed by atoms with Gasteiger partial charge >= 0.3 is 0 Å². The summed E-state index contributed by atoms with van der Waals surface area (Å²) in [6, 6.07) is 10.0. The van der Waals surface area contributed by atoms with Gasteiger partial charge in [0.15, 0.2) is 0 Å². The van der Waals surface area contributed by atoms with Gasteiger partial charge in [-0.2, -0.15) is 18.2 Å². The van der Waals surface area contributed by atoms with Gasteiger partial charge in [-0.25, -0.2) is 12.1 Å². The maximum atomic E-state index is 2.00. The molecule has 0 spiro atoms. The number of hydrogen-bond acceptors (Lipinski definition) is 0. The van der Waals surface area contributed by atoms with Crippen LogP contribution in [0.1, 0.15) is 0 Å². The summed E-state index contributed by atoms with van der Waals surface area (Å²) in [7, 11) is 0. The third-order valence-electron chi connectivity index (χ3n) is 0.556. The molecule has 0 aliphatic heterocycles. The summed E-state index contributed by atoms with van der Waals surface area (Å²) in [6.07, 6.45) is 0. The summed E-state index contributed by atoms with van der Waals surface area (Å²) < 4.78 is 0. The van der Waals surface area contributed by atoms with Crippen molar-refractivity contribution in [2.45, 2.75) is 0 Å². The predicted octanol–water partition coefficient (Wildman–Crippen LogP) is 1.41. The molecule has 1 aromatic rings. The number of rotatable bonds is 0. The first-order valence-electron chi connectivity index (χ1n) is 1.67. The topological polar surface area (TPSA) is 0 Å². The quantitative estimate of drug-likeness (QED) is 0.601. The molecule has 0 aliphatic rings. The van der Waals surface area contributed by atoms with Crippen LogP contribution in [0, 0.1) is 36.9 Å². The molecule has 0 saturated carbocycles. The molecule has 0 aromatic heterocycles. The van der Waals surface area contributed by atoms with Gasteiger partial charge in [-0.1, -0.05) is 0 Å². The molecule has 0 fully saturated rings. The molecule has 0 N–H and O–H groups in total. The summed E-state index contributed by atoms with van der Waals surface area (Å²) in [6.45, 7) is 0. The molecule has 0 unspecified atom stereocenters. The van der Waals surface area contributed by atoms with Crippen molar-refractivity contribution < 1.29 is 36.9 Å². The van der Waals surface area contributed by atoms with Gasteiger partial charge in [0, 0.05) is 36.9 Å². The van der Waals surface area contributed by atoms with Crippen LogP contribution in [0.5, 0.6) is 0 Å². The third kappa shape index (κ3) is 1.89. The summed E-state index contributed by atoms with van der Waals surface area (Å²) >= 11 is 0. The zero-order valence-corrected chi connectivity index (χ0v) is 4.80. The second-order valence-corrected chi connectivity index (χ2v) is 0.962. The fraction of sp³-hybridized carbons (Fsp3) is 0. The molecule has 0 atom stereocenters. The van der Waals surface area contributed by atoms with E-state index in [1.54, 1.807) is 0 Å². The van der Waals surface area contributed by atoms with Crippen molar-refractivity contribution in [2.75, 3.05) is 0 Å². The smallest absolute Gasteiger partial charge is 0 e. The van der Waals surface area contributed by atoms with Gasteiger partial charge in [0.05, 0.1) is 0 Å². The summed E-state index contributed by atoms with van der Waals surface area (Å²) in [4.78, 5) is 0. The average Bonchev–Trinajstić information content (AvgIpc) is 1.76. The molecule has 0 saturated heterocycles. The normalized spacial score (nSPS) is 6.67. The van der Waals surface area contributed by atoms with Gasteiger partial charge in [-0.15, -0.1) is 0 Å². The Balaban J connectivity index is 0.000000250. The van der Waals surface area contributed by atoms with Crippen LogP contribution >= 0.6 is 0 Å². The van der Waals surface area contributed by atoms with Crippen LogP contribution < -0.4 is 0 Å². The van der Waals surface area contributed by atoms with Gasteiger partial charge in [-0.05, 0) is 0 Å². The molecule has 6 heavy (non-hydrogen) atoms. The third-order valence-corrected chi connectivity index (χ3v) is 0.556. The fourth-order valence-electron chi connectivity index (χ4n) is 0.321. The van der Waals surface area contributed by atoms with Crippen molar-refractivity contribution >= 4 is 0 Å². The zero-order valence-electron chi connectivity index (χ0n) is 3.14. The Morgan fingerprint density at radius 3 is 1.67 bits per heavy atom. The first kappa shape index (κ1) is 6.58. The molecule has 1 rings (SSSR count). The van der Waals surface area contributed by atoms with Crippen LogP contribution in [0.3, 0.4) is 0 Å². The molecule has 41 valence electrons. The van der Waals surface area contributed by atoms with E-state index in [1.807, 2.05) is 30.3 Å². The van der Waals surface area contributed by atoms with Crippen LogP contribution in [-0.4, -0.2) is 0 Å². The van der Waals surface area contributed by atoms with E-state index in [0.717, 1.165) is 0 Å². The van der Waals surface area contributed by atoms with E-state index in [0.29, 0.717) is 0 Å². The van der Waals surface area contributed by atoms with Crippen LogP contribution in [0.2, 0.25) is 0 Å². The molecule has 0 amide bonds. The van der Waals surface area contributed by atoms with E-state index in [4.69, 9.17) is 0 Å². The van der Waals surface area contributed by atoms with E-state index < -0.39 is 0 Å². The summed E-state index contributed by atoms with van der Waals surface area (Å²) in [5.41, 5.74) is 0. The van der Waals surface area contributed by atoms with Crippen molar-refractivity contribution in [1.29, 1.82) is 0 Å². The van der Waals surface area contributed by atoms with E-state index in [9.17, 15) is 0 Å². The molecule has 0 bridgehead atoms. The molecule has 0 aliphatic carbocycles. The first-order valence-corrected chi connectivity index (χ1v) is 1.67. The second kappa shape index (κ2) is 3.76. The molecule has 1 aromatic carbocycles. The van der Waals surface area contributed by atoms with Gasteiger partial charge in [-0.3, -0.25) is 0 Å². The second-order valence-electron chi connectivity index (χ2n) is 0.962. The average molecular weight is 240 g/mol. The Labute approximate surface area is 66.7 Å². The maximum Gasteiger partial charge on any atom is 0 e. The largest absolute Gasteiger partial charge is 0.214 e. The first-order chi connectivity index (χ1) is 2.50. The molecule has 0 nitrogen and oxygen atoms in total. The van der Waals surface area contributed by atoms with E-state index in [2.05, 4.69) is 0 Å². The van der Waals surface area contributed by atoms with Crippen molar-refractivity contribution in [2.24, 2.45) is 0 Å². The Kier molecular flexibility index (Phi) is 4.13. The van der Waals surface area contributed by atoms with Crippen LogP contribution in [-0.2, 0) is 0 Å². The van der Waals surface area contributed by atoms with Crippen molar-refractivity contribution in [3.63, 3.8) is 0 Å². The SMILES string of the molecule is [Lu].c1cc[cH-]c1. The van der Waals surface area contributed by atoms with Gasteiger partial charge in [0.1, 0.15) is 0 Å². The van der Waals surface area contributed by atoms with Crippen molar-refractivity contribution in [3.8, 4) is 0 Å². The Morgan fingerprint density at radius 1 is 1.00 bits per heavy atom. The summed E-state index contributed by atoms with van der Waals surface area (Å²) in [5, 5.41) is 0. The number of hydrogen-bond donors (Lipinski definition) is 0. The zero-order chi connectivity index (χ0) is 3.54. The minimum absolute atomic E-state index is 0. The van der Waals surface area contributed by atoms with Crippen LogP contribution in [0.25, 0.3) is 0 Å². The Hall–Kier alpha value is 0.584. The van der Waals surface area contributed by atoms with E-state index >= 15 is 0 Å². The van der Waals surface area contributed by atoms with E-state index in [1.165, 1.54) is 0 Å². The molecular formula is C5H5Lu-. The monoisotopic (exact) mass is 240 g/mol. The Bertz CT molecular complexity index is 60.4. The summed E-state index contributed by atoms with van der Waals surface area (Å²) in [5.74, 6) is 0. The van der Waals surface area contributed by atoms with Gasteiger partial charge in [0.2, 0.25) is 0 Å². The standard InChI is InChI=1S/C5H5.Lu/c1-2-4-5-3-1;/h1-5H;/q-1;. The minimum atomic E-state index is 0. The van der Waals surface area contributed by atoms with E-state index in [-0.39, 0.29) is 36.9 Å². The molecule has 1 heteroatoms.